The number of nitrogens with zero attached hydrogens (tertiary/aromatic N) is 9. The van der Waals surface area contributed by atoms with Gasteiger partial charge in [0.05, 0.1) is 66.2 Å². The van der Waals surface area contributed by atoms with E-state index in [2.05, 4.69) is 519 Å². The summed E-state index contributed by atoms with van der Waals surface area (Å²) < 4.78 is 14.4. The Morgan fingerprint density at radius 3 is 0.580 bits per heavy atom. The fraction of sp³-hybridized carbons (Fsp3) is 0. The van der Waals surface area contributed by atoms with Crippen LogP contribution in [0.15, 0.2) is 491 Å². The quantitative estimate of drug-likeness (QED) is 0.103. The standard InChI is InChI=1S/C129H81N9/c1-6-29-82(30-7-1)101-45-16-17-46-102(101)91-31-26-32-92(71-91)127-130-128(93-33-27-43-99(72-93)137-123-67-59-87(83-55-63-119-107(74-83)103-47-18-22-51-115(103)133(119)95-35-8-2-9-36-95)78-111(123)112-79-88(60-68-124(112)137)84-56-64-120-108(75-84)104-48-19-23-52-116(104)134(120)96-37-10-3-11-38-96)132-129(131-127)94-34-28-44-100(73-94)138-125-69-61-89(85-57-65-121-109(76-85)105-49-20-24-53-117(105)135(121)97-39-12-4-13-40-97)80-113(125)114-81-90(62-70-126(114)138)86-58-66-122-110(77-86)106-50-21-25-54-118(106)136(122)98-41-14-5-15-42-98/h1-81H. The van der Waals surface area contributed by atoms with Crippen molar-refractivity contribution in [2.45, 2.75) is 0 Å². The lowest BCUT2D eigenvalue weighted by Crippen LogP contribution is -2.02. The molecule has 0 bridgehead atoms. The average molecular weight is 1760 g/mol. The molecule has 9 nitrogen and oxygen atoms in total. The maximum Gasteiger partial charge on any atom is 0.164 e. The van der Waals surface area contributed by atoms with Crippen LogP contribution in [0.1, 0.15) is 0 Å². The first-order chi connectivity index (χ1) is 68.4. The first-order valence-corrected chi connectivity index (χ1v) is 47.2. The van der Waals surface area contributed by atoms with Crippen molar-refractivity contribution in [3.05, 3.63) is 491 Å². The minimum atomic E-state index is 0.540. The molecular formula is C129H81N9. The summed E-state index contributed by atoms with van der Waals surface area (Å²) >= 11 is 0. The molecule has 7 aromatic heterocycles. The lowest BCUT2D eigenvalue weighted by molar-refractivity contribution is 1.07. The predicted molar refractivity (Wildman–Crippen MR) is 575 cm³/mol. The lowest BCUT2D eigenvalue weighted by atomic mass is 9.94. The largest absolute Gasteiger partial charge is 0.309 e. The normalized spacial score (nSPS) is 11.9. The van der Waals surface area contributed by atoms with Crippen molar-refractivity contribution in [1.82, 2.24) is 42.4 Å². The van der Waals surface area contributed by atoms with Crippen molar-refractivity contribution in [3.8, 4) is 135 Å². The molecule has 642 valence electrons. The van der Waals surface area contributed by atoms with Gasteiger partial charge in [0.25, 0.3) is 0 Å². The van der Waals surface area contributed by atoms with Crippen LogP contribution in [0, 0.1) is 0 Å². The van der Waals surface area contributed by atoms with E-state index >= 15 is 0 Å². The van der Waals surface area contributed by atoms with Gasteiger partial charge in [0.1, 0.15) is 0 Å². The Morgan fingerprint density at radius 2 is 0.297 bits per heavy atom. The van der Waals surface area contributed by atoms with E-state index in [0.29, 0.717) is 17.5 Å². The van der Waals surface area contributed by atoms with Gasteiger partial charge in [-0.3, -0.25) is 0 Å². The van der Waals surface area contributed by atoms with Crippen LogP contribution in [0.3, 0.4) is 0 Å². The Balaban J connectivity index is 0.615. The summed E-state index contributed by atoms with van der Waals surface area (Å²) in [6, 6.07) is 180. The molecule has 0 unspecified atom stereocenters. The van der Waals surface area contributed by atoms with Crippen LogP contribution in [-0.4, -0.2) is 42.4 Å². The highest BCUT2D eigenvalue weighted by Crippen LogP contribution is 2.47. The van der Waals surface area contributed by atoms with Gasteiger partial charge in [0.2, 0.25) is 0 Å². The summed E-state index contributed by atoms with van der Waals surface area (Å²) in [4.78, 5) is 17.0. The van der Waals surface area contributed by atoms with Crippen LogP contribution in [-0.2, 0) is 0 Å². The average Bonchev–Trinajstić information content (AvgIpc) is 1.58. The number of rotatable bonds is 15. The van der Waals surface area contributed by atoms with Gasteiger partial charge < -0.3 is 27.4 Å². The van der Waals surface area contributed by atoms with E-state index in [1.54, 1.807) is 0 Å². The van der Waals surface area contributed by atoms with Gasteiger partial charge in [-0.15, -0.1) is 0 Å². The Bertz CT molecular complexity index is 8910. The third kappa shape index (κ3) is 12.7. The van der Waals surface area contributed by atoms with Crippen LogP contribution >= 0.6 is 0 Å². The maximum absolute atomic E-state index is 5.70. The third-order valence-corrected chi connectivity index (χ3v) is 28.4. The smallest absolute Gasteiger partial charge is 0.164 e. The topological polar surface area (TPSA) is 68.2 Å². The first-order valence-electron chi connectivity index (χ1n) is 47.2. The van der Waals surface area contributed by atoms with E-state index < -0.39 is 0 Å². The molecular weight excluding hydrogens is 1680 g/mol. The molecule has 138 heavy (non-hydrogen) atoms. The molecule has 0 saturated carbocycles. The zero-order valence-electron chi connectivity index (χ0n) is 74.8. The van der Waals surface area contributed by atoms with Crippen LogP contribution < -0.4 is 0 Å². The molecule has 28 aromatic rings. The van der Waals surface area contributed by atoms with Gasteiger partial charge in [-0.1, -0.05) is 291 Å². The molecule has 0 spiro atoms. The van der Waals surface area contributed by atoms with Crippen molar-refractivity contribution in [2.75, 3.05) is 0 Å². The number of fused-ring (bicyclic) bond motifs is 18. The van der Waals surface area contributed by atoms with Crippen LogP contribution in [0.2, 0.25) is 0 Å². The second kappa shape index (κ2) is 31.6. The molecule has 0 radical (unpaired) electrons. The van der Waals surface area contributed by atoms with E-state index in [0.717, 1.165) is 183 Å². The van der Waals surface area contributed by atoms with Crippen molar-refractivity contribution in [3.63, 3.8) is 0 Å². The molecule has 28 rings (SSSR count). The highest BCUT2D eigenvalue weighted by atomic mass is 15.1. The summed E-state index contributed by atoms with van der Waals surface area (Å²) in [5, 5.41) is 14.2. The Labute approximate surface area is 794 Å². The fourth-order valence-electron chi connectivity index (χ4n) is 22.1. The molecule has 0 N–H and O–H groups in total. The maximum atomic E-state index is 5.70. The zero-order valence-corrected chi connectivity index (χ0v) is 74.8. The van der Waals surface area contributed by atoms with Crippen molar-refractivity contribution >= 4 is 131 Å². The summed E-state index contributed by atoms with van der Waals surface area (Å²) in [6.45, 7) is 0. The first kappa shape index (κ1) is 78.1. The van der Waals surface area contributed by atoms with Crippen LogP contribution in [0.25, 0.3) is 266 Å². The molecule has 0 aliphatic rings. The number of para-hydroxylation sites is 8. The summed E-state index contributed by atoms with van der Waals surface area (Å²) in [5.74, 6) is 1.63. The predicted octanol–water partition coefficient (Wildman–Crippen LogP) is 33.5. The second-order valence-electron chi connectivity index (χ2n) is 36.2. The monoisotopic (exact) mass is 1760 g/mol. The highest BCUT2D eigenvalue weighted by Gasteiger charge is 2.26. The molecule has 0 aliphatic heterocycles. The van der Waals surface area contributed by atoms with Crippen LogP contribution in [0.5, 0.6) is 0 Å². The van der Waals surface area contributed by atoms with Crippen LogP contribution in [0.4, 0.5) is 0 Å². The minimum Gasteiger partial charge on any atom is -0.309 e. The molecule has 0 amide bonds. The van der Waals surface area contributed by atoms with Gasteiger partial charge in [-0.05, 0) is 267 Å². The van der Waals surface area contributed by atoms with E-state index in [4.69, 9.17) is 15.0 Å². The van der Waals surface area contributed by atoms with E-state index in [9.17, 15) is 0 Å². The second-order valence-corrected chi connectivity index (χ2v) is 36.2. The third-order valence-electron chi connectivity index (χ3n) is 28.4. The van der Waals surface area contributed by atoms with E-state index in [1.165, 1.54) is 65.2 Å². The number of aromatic nitrogens is 9. The van der Waals surface area contributed by atoms with Crippen molar-refractivity contribution in [2.24, 2.45) is 0 Å². The molecule has 0 fully saturated rings. The molecule has 0 saturated heterocycles. The van der Waals surface area contributed by atoms with Gasteiger partial charge in [0, 0.05) is 115 Å². The van der Waals surface area contributed by atoms with Gasteiger partial charge in [-0.2, -0.15) is 0 Å². The SMILES string of the molecule is c1ccc(-c2ccccc2-c2cccc(-c3nc(-c4cccc(-n5c6ccc(-c7ccc8c(c7)c7ccccc7n8-c7ccccc7)cc6c6cc(-c7ccc8c(c7)c7ccccc7n8-c7ccccc7)ccc65)c4)nc(-c4cccc(-n5c6ccc(-c7ccc8c(c7)c7ccccc7n8-c7ccccc7)cc6c6cc(-c7ccc8c(c7)c7ccccc7n8-c7ccccc7)ccc65)c4)n3)c2)cc1. The molecule has 9 heteroatoms. The van der Waals surface area contributed by atoms with Crippen molar-refractivity contribution < 1.29 is 0 Å². The fourth-order valence-corrected chi connectivity index (χ4v) is 22.1. The zero-order chi connectivity index (χ0) is 90.6. The summed E-state index contributed by atoms with van der Waals surface area (Å²) in [6.07, 6.45) is 0. The van der Waals surface area contributed by atoms with Gasteiger partial charge >= 0.3 is 0 Å². The number of hydrogen-bond donors (Lipinski definition) is 0. The summed E-state index contributed by atoms with van der Waals surface area (Å²) in [5.41, 5.74) is 36.1. The molecule has 21 aromatic carbocycles. The molecule has 7 heterocycles. The van der Waals surface area contributed by atoms with E-state index in [-0.39, 0.29) is 0 Å². The molecule has 0 atom stereocenters. The molecule has 0 aliphatic carbocycles. The lowest BCUT2D eigenvalue weighted by Gasteiger charge is -2.14. The van der Waals surface area contributed by atoms with Gasteiger partial charge in [0.15, 0.2) is 17.5 Å². The number of hydrogen-bond acceptors (Lipinski definition) is 3. The Morgan fingerprint density at radius 1 is 0.109 bits per heavy atom. The summed E-state index contributed by atoms with van der Waals surface area (Å²) in [7, 11) is 0. The van der Waals surface area contributed by atoms with Crippen molar-refractivity contribution in [1.29, 1.82) is 0 Å². The Hall–Kier alpha value is -18.6. The number of benzene rings is 21. The van der Waals surface area contributed by atoms with E-state index in [1.807, 2.05) is 0 Å². The minimum absolute atomic E-state index is 0.540. The Kier molecular flexibility index (Phi) is 17.9. The highest BCUT2D eigenvalue weighted by molar-refractivity contribution is 6.18. The van der Waals surface area contributed by atoms with Gasteiger partial charge in [-0.25, -0.2) is 15.0 Å².